The SMILES string of the molecule is Cl.OC1NCC2CCCCC21. The molecular formula is C8H16ClNO. The van der Waals surface area contributed by atoms with Gasteiger partial charge in [0.1, 0.15) is 6.23 Å². The number of aliphatic hydroxyl groups is 1. The lowest BCUT2D eigenvalue weighted by molar-refractivity contribution is 0.0827. The van der Waals surface area contributed by atoms with Crippen molar-refractivity contribution in [3.63, 3.8) is 0 Å². The highest BCUT2D eigenvalue weighted by Gasteiger charge is 2.35. The highest BCUT2D eigenvalue weighted by Crippen LogP contribution is 2.34. The van der Waals surface area contributed by atoms with Crippen LogP contribution in [0.15, 0.2) is 0 Å². The van der Waals surface area contributed by atoms with Gasteiger partial charge in [0.05, 0.1) is 0 Å². The summed E-state index contributed by atoms with van der Waals surface area (Å²) >= 11 is 0. The number of aliphatic hydroxyl groups excluding tert-OH is 1. The molecule has 1 saturated heterocycles. The van der Waals surface area contributed by atoms with Gasteiger partial charge in [-0.15, -0.1) is 12.4 Å². The molecule has 0 radical (unpaired) electrons. The van der Waals surface area contributed by atoms with Crippen molar-refractivity contribution in [2.75, 3.05) is 6.54 Å². The maximum atomic E-state index is 9.41. The summed E-state index contributed by atoms with van der Waals surface area (Å²) in [6.07, 6.45) is 5.06. The van der Waals surface area contributed by atoms with Gasteiger partial charge in [-0.05, 0) is 18.8 Å². The fraction of sp³-hybridized carbons (Fsp3) is 1.00. The van der Waals surface area contributed by atoms with E-state index in [2.05, 4.69) is 5.32 Å². The molecule has 0 amide bonds. The van der Waals surface area contributed by atoms with Crippen LogP contribution in [0.3, 0.4) is 0 Å². The maximum Gasteiger partial charge on any atom is 0.108 e. The van der Waals surface area contributed by atoms with E-state index < -0.39 is 0 Å². The summed E-state index contributed by atoms with van der Waals surface area (Å²) in [5, 5.41) is 12.5. The quantitative estimate of drug-likeness (QED) is 0.582. The van der Waals surface area contributed by atoms with Crippen molar-refractivity contribution in [3.05, 3.63) is 0 Å². The summed E-state index contributed by atoms with van der Waals surface area (Å²) in [4.78, 5) is 0. The largest absolute Gasteiger partial charge is 0.378 e. The molecule has 3 heteroatoms. The van der Waals surface area contributed by atoms with Crippen LogP contribution in [0.5, 0.6) is 0 Å². The summed E-state index contributed by atoms with van der Waals surface area (Å²) in [5.74, 6) is 1.36. The van der Waals surface area contributed by atoms with Crippen molar-refractivity contribution in [1.29, 1.82) is 0 Å². The van der Waals surface area contributed by atoms with E-state index in [0.717, 1.165) is 12.5 Å². The predicted octanol–water partition coefficient (Wildman–Crippen LogP) is 1.14. The lowest BCUT2D eigenvalue weighted by Gasteiger charge is -2.25. The van der Waals surface area contributed by atoms with E-state index in [1.807, 2.05) is 0 Å². The monoisotopic (exact) mass is 177 g/mol. The molecule has 0 aromatic heterocycles. The molecule has 0 spiro atoms. The molecule has 66 valence electrons. The van der Waals surface area contributed by atoms with Crippen molar-refractivity contribution in [3.8, 4) is 0 Å². The molecular weight excluding hydrogens is 162 g/mol. The molecule has 0 bridgehead atoms. The molecule has 2 N–H and O–H groups in total. The van der Waals surface area contributed by atoms with Gasteiger partial charge in [-0.25, -0.2) is 0 Å². The third-order valence-corrected chi connectivity index (χ3v) is 2.96. The third kappa shape index (κ3) is 1.68. The van der Waals surface area contributed by atoms with Crippen molar-refractivity contribution in [2.24, 2.45) is 11.8 Å². The van der Waals surface area contributed by atoms with Crippen molar-refractivity contribution in [1.82, 2.24) is 5.32 Å². The molecule has 0 aromatic carbocycles. The van der Waals surface area contributed by atoms with E-state index >= 15 is 0 Å². The fourth-order valence-corrected chi connectivity index (χ4v) is 2.33. The highest BCUT2D eigenvalue weighted by molar-refractivity contribution is 5.85. The zero-order chi connectivity index (χ0) is 6.97. The molecule has 1 saturated carbocycles. The van der Waals surface area contributed by atoms with Gasteiger partial charge in [0.2, 0.25) is 0 Å². The molecule has 2 nitrogen and oxygen atoms in total. The molecule has 11 heavy (non-hydrogen) atoms. The second-order valence-electron chi connectivity index (χ2n) is 3.56. The molecule has 0 aromatic rings. The van der Waals surface area contributed by atoms with Gasteiger partial charge in [-0.3, -0.25) is 5.32 Å². The van der Waals surface area contributed by atoms with Crippen LogP contribution in [-0.4, -0.2) is 17.9 Å². The Morgan fingerprint density at radius 1 is 1.18 bits per heavy atom. The fourth-order valence-electron chi connectivity index (χ4n) is 2.33. The number of halogens is 1. The number of nitrogens with one attached hydrogen (secondary N) is 1. The van der Waals surface area contributed by atoms with Gasteiger partial charge >= 0.3 is 0 Å². The van der Waals surface area contributed by atoms with E-state index in [-0.39, 0.29) is 18.6 Å². The van der Waals surface area contributed by atoms with E-state index in [9.17, 15) is 5.11 Å². The zero-order valence-electron chi connectivity index (χ0n) is 6.62. The zero-order valence-corrected chi connectivity index (χ0v) is 7.44. The van der Waals surface area contributed by atoms with Crippen LogP contribution in [0.1, 0.15) is 25.7 Å². The van der Waals surface area contributed by atoms with Gasteiger partial charge in [-0.1, -0.05) is 12.8 Å². The third-order valence-electron chi connectivity index (χ3n) is 2.96. The summed E-state index contributed by atoms with van der Waals surface area (Å²) in [6, 6.07) is 0. The molecule has 2 fully saturated rings. The van der Waals surface area contributed by atoms with Gasteiger partial charge in [0.15, 0.2) is 0 Å². The first-order chi connectivity index (χ1) is 4.88. The molecule has 1 aliphatic carbocycles. The van der Waals surface area contributed by atoms with Crippen LogP contribution >= 0.6 is 12.4 Å². The minimum absolute atomic E-state index is 0. The first-order valence-corrected chi connectivity index (χ1v) is 4.29. The van der Waals surface area contributed by atoms with Gasteiger partial charge in [0.25, 0.3) is 0 Å². The Kier molecular flexibility index (Phi) is 3.16. The average molecular weight is 178 g/mol. The van der Waals surface area contributed by atoms with E-state index in [1.165, 1.54) is 25.7 Å². The highest BCUT2D eigenvalue weighted by atomic mass is 35.5. The summed E-state index contributed by atoms with van der Waals surface area (Å²) in [6.45, 7) is 1.05. The van der Waals surface area contributed by atoms with Crippen LogP contribution < -0.4 is 5.32 Å². The van der Waals surface area contributed by atoms with E-state index in [0.29, 0.717) is 5.92 Å². The molecule has 1 heterocycles. The van der Waals surface area contributed by atoms with Crippen LogP contribution in [0.25, 0.3) is 0 Å². The van der Waals surface area contributed by atoms with E-state index in [4.69, 9.17) is 0 Å². The summed E-state index contributed by atoms with van der Waals surface area (Å²) in [5.41, 5.74) is 0. The molecule has 3 atom stereocenters. The first-order valence-electron chi connectivity index (χ1n) is 4.29. The van der Waals surface area contributed by atoms with Crippen molar-refractivity contribution >= 4 is 12.4 Å². The number of rotatable bonds is 0. The Labute approximate surface area is 73.8 Å². The Hall–Kier alpha value is 0.210. The molecule has 1 aliphatic heterocycles. The summed E-state index contributed by atoms with van der Waals surface area (Å²) in [7, 11) is 0. The maximum absolute atomic E-state index is 9.41. The van der Waals surface area contributed by atoms with Gasteiger partial charge < -0.3 is 5.11 Å². The van der Waals surface area contributed by atoms with Crippen LogP contribution in [0.2, 0.25) is 0 Å². The normalized spacial score (nSPS) is 42.8. The lowest BCUT2D eigenvalue weighted by Crippen LogP contribution is -2.27. The Morgan fingerprint density at radius 3 is 2.64 bits per heavy atom. The standard InChI is InChI=1S/C8H15NO.ClH/c10-8-7-4-2-1-3-6(7)5-9-8;/h6-10H,1-5H2;1H. The smallest absolute Gasteiger partial charge is 0.108 e. The Bertz CT molecular complexity index is 129. The van der Waals surface area contributed by atoms with Gasteiger partial charge in [0, 0.05) is 12.5 Å². The second kappa shape index (κ2) is 3.74. The molecule has 2 rings (SSSR count). The Morgan fingerprint density at radius 2 is 1.91 bits per heavy atom. The minimum atomic E-state index is -0.190. The van der Waals surface area contributed by atoms with Crippen LogP contribution in [0.4, 0.5) is 0 Å². The topological polar surface area (TPSA) is 32.3 Å². The molecule has 3 unspecified atom stereocenters. The average Bonchev–Trinajstić information content (AvgIpc) is 2.34. The van der Waals surface area contributed by atoms with Crippen molar-refractivity contribution < 1.29 is 5.11 Å². The second-order valence-corrected chi connectivity index (χ2v) is 3.56. The van der Waals surface area contributed by atoms with Gasteiger partial charge in [-0.2, -0.15) is 0 Å². The van der Waals surface area contributed by atoms with Crippen molar-refractivity contribution in [2.45, 2.75) is 31.9 Å². The number of fused-ring (bicyclic) bond motifs is 1. The predicted molar refractivity (Wildman–Crippen MR) is 46.7 cm³/mol. The van der Waals surface area contributed by atoms with E-state index in [1.54, 1.807) is 0 Å². The Balaban J connectivity index is 0.000000605. The van der Waals surface area contributed by atoms with Crippen LogP contribution in [0, 0.1) is 11.8 Å². The number of hydrogen-bond donors (Lipinski definition) is 2. The van der Waals surface area contributed by atoms with Crippen LogP contribution in [-0.2, 0) is 0 Å². The summed E-state index contributed by atoms with van der Waals surface area (Å²) < 4.78 is 0. The number of hydrogen-bond acceptors (Lipinski definition) is 2. The molecule has 2 aliphatic rings. The minimum Gasteiger partial charge on any atom is -0.378 e. The lowest BCUT2D eigenvalue weighted by atomic mass is 9.81. The first kappa shape index (κ1) is 9.30.